The molecule has 0 unspecified atom stereocenters. The molecule has 11 heteroatoms. The summed E-state index contributed by atoms with van der Waals surface area (Å²) in [5.74, 6) is -1.02. The minimum atomic E-state index is -4.63. The van der Waals surface area contributed by atoms with Crippen molar-refractivity contribution in [2.45, 2.75) is 18.0 Å². The van der Waals surface area contributed by atoms with Gasteiger partial charge in [-0.05, 0) is 55.5 Å². The predicted molar refractivity (Wildman–Crippen MR) is 127 cm³/mol. The van der Waals surface area contributed by atoms with Crippen LogP contribution in [0.15, 0.2) is 84.0 Å². The summed E-state index contributed by atoms with van der Waals surface area (Å²) in [4.78, 5) is 24.4. The lowest BCUT2D eigenvalue weighted by molar-refractivity contribution is -0.137. The van der Waals surface area contributed by atoms with E-state index in [0.29, 0.717) is 12.4 Å². The van der Waals surface area contributed by atoms with Gasteiger partial charge in [-0.3, -0.25) is 14.3 Å². The largest absolute Gasteiger partial charge is 0.496 e. The number of aryl methyl sites for hydroxylation is 1. The van der Waals surface area contributed by atoms with E-state index in [0.717, 1.165) is 37.1 Å². The van der Waals surface area contributed by atoms with Crippen molar-refractivity contribution in [3.05, 3.63) is 102 Å². The van der Waals surface area contributed by atoms with Crippen LogP contribution < -0.4 is 9.46 Å². The Morgan fingerprint density at radius 3 is 2.39 bits per heavy atom. The Hall–Kier alpha value is -4.12. The summed E-state index contributed by atoms with van der Waals surface area (Å²) in [6.45, 7) is 1.81. The van der Waals surface area contributed by atoms with Crippen molar-refractivity contribution in [3.8, 4) is 5.75 Å². The maximum absolute atomic E-state index is 13.0. The Balaban J connectivity index is 1.98. The van der Waals surface area contributed by atoms with E-state index < -0.39 is 27.5 Å². The standard InChI is InChI=1S/C25H21F3N2O5S/c1-17-5-8-21(9-6-17)36(33,34)29-12-11-19(30-13-3-4-20(30)16-31)15-23(32)22-10-7-18(25(26,27)28)14-24(22)35-2/h3-16,29H,1-2H3/b12-11-,19-15-. The second-order valence-corrected chi connectivity index (χ2v) is 9.25. The smallest absolute Gasteiger partial charge is 0.416 e. The van der Waals surface area contributed by atoms with Crippen LogP contribution in [-0.2, 0) is 16.2 Å². The number of hydrogen-bond donors (Lipinski definition) is 1. The summed E-state index contributed by atoms with van der Waals surface area (Å²) < 4.78 is 72.8. The van der Waals surface area contributed by atoms with Crippen LogP contribution in [0.3, 0.4) is 0 Å². The highest BCUT2D eigenvalue weighted by Crippen LogP contribution is 2.33. The molecule has 0 spiro atoms. The molecule has 0 saturated heterocycles. The molecule has 188 valence electrons. The molecule has 0 atom stereocenters. The number of sulfonamides is 1. The molecule has 3 rings (SSSR count). The fraction of sp³-hybridized carbons (Fsp3) is 0.120. The average Bonchev–Trinajstić information content (AvgIpc) is 3.31. The minimum Gasteiger partial charge on any atom is -0.496 e. The van der Waals surface area contributed by atoms with Crippen molar-refractivity contribution >= 4 is 27.8 Å². The van der Waals surface area contributed by atoms with Gasteiger partial charge in [0, 0.05) is 18.5 Å². The molecule has 0 amide bonds. The highest BCUT2D eigenvalue weighted by Gasteiger charge is 2.31. The summed E-state index contributed by atoms with van der Waals surface area (Å²) in [6.07, 6.45) is 0.735. The Labute approximate surface area is 205 Å². The molecule has 3 aromatic rings. The quantitative estimate of drug-likeness (QED) is 0.189. The van der Waals surface area contributed by atoms with Gasteiger partial charge >= 0.3 is 6.18 Å². The van der Waals surface area contributed by atoms with Gasteiger partial charge in [-0.1, -0.05) is 17.7 Å². The maximum atomic E-state index is 13.0. The zero-order valence-electron chi connectivity index (χ0n) is 19.1. The van der Waals surface area contributed by atoms with Crippen LogP contribution in [0.25, 0.3) is 5.70 Å². The first-order chi connectivity index (χ1) is 17.0. The molecule has 36 heavy (non-hydrogen) atoms. The highest BCUT2D eigenvalue weighted by atomic mass is 32.2. The van der Waals surface area contributed by atoms with Gasteiger partial charge in [0.25, 0.3) is 10.0 Å². The van der Waals surface area contributed by atoms with Gasteiger partial charge in [0.05, 0.1) is 34.5 Å². The molecular formula is C25H21F3N2O5S. The molecule has 1 N–H and O–H groups in total. The van der Waals surface area contributed by atoms with E-state index in [1.807, 2.05) is 6.92 Å². The third-order valence-electron chi connectivity index (χ3n) is 5.06. The van der Waals surface area contributed by atoms with Crippen LogP contribution >= 0.6 is 0 Å². The number of methoxy groups -OCH3 is 1. The first-order valence-electron chi connectivity index (χ1n) is 10.4. The van der Waals surface area contributed by atoms with Crippen molar-refractivity contribution in [2.24, 2.45) is 0 Å². The fourth-order valence-corrected chi connectivity index (χ4v) is 4.08. The summed E-state index contributed by atoms with van der Waals surface area (Å²) in [5, 5.41) is 0. The van der Waals surface area contributed by atoms with Gasteiger partial charge in [0.2, 0.25) is 0 Å². The lowest BCUT2D eigenvalue weighted by Crippen LogP contribution is -2.18. The van der Waals surface area contributed by atoms with Crippen LogP contribution in [0.2, 0.25) is 0 Å². The molecule has 1 aromatic heterocycles. The summed E-state index contributed by atoms with van der Waals surface area (Å²) >= 11 is 0. The van der Waals surface area contributed by atoms with Crippen LogP contribution in [0, 0.1) is 6.92 Å². The van der Waals surface area contributed by atoms with Gasteiger partial charge in [0.15, 0.2) is 12.1 Å². The summed E-state index contributed by atoms with van der Waals surface area (Å²) in [5.41, 5.74) is -0.0448. The number of halogens is 3. The lowest BCUT2D eigenvalue weighted by atomic mass is 10.0. The zero-order valence-corrected chi connectivity index (χ0v) is 19.9. The number of carbonyl (C=O) groups is 2. The molecule has 0 aliphatic carbocycles. The molecule has 0 saturated carbocycles. The minimum absolute atomic E-state index is 0.0170. The highest BCUT2D eigenvalue weighted by molar-refractivity contribution is 7.89. The number of aldehydes is 1. The average molecular weight is 519 g/mol. The Bertz CT molecular complexity index is 1440. The van der Waals surface area contributed by atoms with Crippen molar-refractivity contribution in [2.75, 3.05) is 7.11 Å². The molecule has 7 nitrogen and oxygen atoms in total. The normalized spacial score (nSPS) is 12.5. The van der Waals surface area contributed by atoms with Crippen LogP contribution in [0.5, 0.6) is 5.75 Å². The number of carbonyl (C=O) groups excluding carboxylic acids is 2. The first kappa shape index (κ1) is 26.5. The maximum Gasteiger partial charge on any atom is 0.416 e. The second kappa shape index (κ2) is 10.6. The molecule has 0 aliphatic rings. The molecule has 0 bridgehead atoms. The molecule has 0 aliphatic heterocycles. The molecule has 0 fully saturated rings. The van der Waals surface area contributed by atoms with Crippen LogP contribution in [0.4, 0.5) is 13.2 Å². The third kappa shape index (κ3) is 6.11. The number of aromatic nitrogens is 1. The topological polar surface area (TPSA) is 94.5 Å². The SMILES string of the molecule is COc1cc(C(F)(F)F)ccc1C(=O)/C=C(/C=C\NS(=O)(=O)c1ccc(C)cc1)n1cccc1C=O. The zero-order chi connectivity index (χ0) is 26.5. The molecule has 0 radical (unpaired) electrons. The Kier molecular flexibility index (Phi) is 7.83. The molecule has 1 heterocycles. The van der Waals surface area contributed by atoms with Gasteiger partial charge in [-0.15, -0.1) is 0 Å². The lowest BCUT2D eigenvalue weighted by Gasteiger charge is -2.12. The number of rotatable bonds is 9. The fourth-order valence-electron chi connectivity index (χ4n) is 3.20. The Morgan fingerprint density at radius 1 is 1.08 bits per heavy atom. The first-order valence-corrected chi connectivity index (χ1v) is 11.8. The number of nitrogens with zero attached hydrogens (tertiary/aromatic N) is 1. The van der Waals surface area contributed by atoms with Crippen molar-refractivity contribution in [1.29, 1.82) is 0 Å². The van der Waals surface area contributed by atoms with E-state index in [1.54, 1.807) is 12.1 Å². The number of ether oxygens (including phenoxy) is 1. The number of allylic oxidation sites excluding steroid dienone is 3. The number of nitrogens with one attached hydrogen (secondary N) is 1. The number of benzene rings is 2. The van der Waals surface area contributed by atoms with E-state index in [-0.39, 0.29) is 27.6 Å². The van der Waals surface area contributed by atoms with Gasteiger partial charge in [0.1, 0.15) is 5.75 Å². The van der Waals surface area contributed by atoms with Crippen LogP contribution in [-0.4, -0.2) is 32.2 Å². The van der Waals surface area contributed by atoms with E-state index in [9.17, 15) is 31.2 Å². The van der Waals surface area contributed by atoms with E-state index in [2.05, 4.69) is 4.72 Å². The van der Waals surface area contributed by atoms with Crippen molar-refractivity contribution in [1.82, 2.24) is 9.29 Å². The predicted octanol–water partition coefficient (Wildman–Crippen LogP) is 4.85. The van der Waals surface area contributed by atoms with E-state index >= 15 is 0 Å². The summed E-state index contributed by atoms with van der Waals surface area (Å²) in [6, 6.07) is 11.6. The van der Waals surface area contributed by atoms with Gasteiger partial charge in [-0.25, -0.2) is 8.42 Å². The number of alkyl halides is 3. The van der Waals surface area contributed by atoms with E-state index in [1.165, 1.54) is 41.1 Å². The number of hydrogen-bond acceptors (Lipinski definition) is 5. The van der Waals surface area contributed by atoms with Gasteiger partial charge < -0.3 is 9.30 Å². The summed E-state index contributed by atoms with van der Waals surface area (Å²) in [7, 11) is -2.79. The molecule has 2 aromatic carbocycles. The van der Waals surface area contributed by atoms with Crippen LogP contribution in [0.1, 0.15) is 32.0 Å². The molecular weight excluding hydrogens is 497 g/mol. The monoisotopic (exact) mass is 518 g/mol. The second-order valence-electron chi connectivity index (χ2n) is 7.53. The van der Waals surface area contributed by atoms with Gasteiger partial charge in [-0.2, -0.15) is 13.2 Å². The van der Waals surface area contributed by atoms with E-state index in [4.69, 9.17) is 4.74 Å². The number of ketones is 1. The van der Waals surface area contributed by atoms with Crippen molar-refractivity contribution < 1.29 is 35.9 Å². The van der Waals surface area contributed by atoms with Crippen molar-refractivity contribution in [3.63, 3.8) is 0 Å². The third-order valence-corrected chi connectivity index (χ3v) is 6.40. The Morgan fingerprint density at radius 2 is 1.78 bits per heavy atom.